The summed E-state index contributed by atoms with van der Waals surface area (Å²) in [6.45, 7) is 9.06. The first-order valence-electron chi connectivity index (χ1n) is 28.4. The highest BCUT2D eigenvalue weighted by molar-refractivity contribution is 5.71. The van der Waals surface area contributed by atoms with E-state index in [1.807, 2.05) is 0 Å². The first-order valence-corrected chi connectivity index (χ1v) is 28.4. The van der Waals surface area contributed by atoms with E-state index >= 15 is 0 Å². The van der Waals surface area contributed by atoms with E-state index in [9.17, 15) is 14.4 Å². The number of esters is 3. The first-order chi connectivity index (χ1) is 30.9. The lowest BCUT2D eigenvalue weighted by Crippen LogP contribution is -2.30. The van der Waals surface area contributed by atoms with Crippen LogP contribution >= 0.6 is 0 Å². The molecule has 63 heavy (non-hydrogen) atoms. The van der Waals surface area contributed by atoms with Gasteiger partial charge in [-0.2, -0.15) is 0 Å². The summed E-state index contributed by atoms with van der Waals surface area (Å²) in [5.74, 6) is 0.0107. The second-order valence-electron chi connectivity index (χ2n) is 20.1. The van der Waals surface area contributed by atoms with E-state index in [0.717, 1.165) is 63.7 Å². The molecule has 0 rings (SSSR count). The Hall–Kier alpha value is -1.59. The molecule has 0 fully saturated rings. The van der Waals surface area contributed by atoms with Crippen LogP contribution in [0.15, 0.2) is 0 Å². The van der Waals surface area contributed by atoms with Crippen LogP contribution in [0.5, 0.6) is 0 Å². The van der Waals surface area contributed by atoms with Gasteiger partial charge in [0.1, 0.15) is 13.2 Å². The summed E-state index contributed by atoms with van der Waals surface area (Å²) in [4.78, 5) is 38.1. The number of hydrogen-bond donors (Lipinski definition) is 0. The van der Waals surface area contributed by atoms with Crippen LogP contribution in [0.3, 0.4) is 0 Å². The molecule has 0 amide bonds. The van der Waals surface area contributed by atoms with Crippen molar-refractivity contribution in [1.29, 1.82) is 0 Å². The molecule has 0 bridgehead atoms. The number of carbonyl (C=O) groups is 3. The summed E-state index contributed by atoms with van der Waals surface area (Å²) in [5, 5.41) is 0. The molecule has 1 atom stereocenters. The maximum atomic E-state index is 12.8. The van der Waals surface area contributed by atoms with Crippen molar-refractivity contribution in [3.8, 4) is 0 Å². The van der Waals surface area contributed by atoms with E-state index in [0.29, 0.717) is 19.3 Å². The van der Waals surface area contributed by atoms with Crippen molar-refractivity contribution in [3.05, 3.63) is 0 Å². The Morgan fingerprint density at radius 1 is 0.302 bits per heavy atom. The van der Waals surface area contributed by atoms with E-state index in [4.69, 9.17) is 14.2 Å². The number of carbonyl (C=O) groups excluding carboxylic acids is 3. The molecule has 0 saturated heterocycles. The highest BCUT2D eigenvalue weighted by atomic mass is 16.6. The Kier molecular flexibility index (Phi) is 50.1. The van der Waals surface area contributed by atoms with Crippen LogP contribution < -0.4 is 0 Å². The maximum Gasteiger partial charge on any atom is 0.306 e. The van der Waals surface area contributed by atoms with Crippen molar-refractivity contribution in [1.82, 2.24) is 0 Å². The quantitative estimate of drug-likeness (QED) is 0.0344. The zero-order chi connectivity index (χ0) is 45.9. The van der Waals surface area contributed by atoms with Crippen LogP contribution in [-0.4, -0.2) is 37.2 Å². The highest BCUT2D eigenvalue weighted by Gasteiger charge is 2.19. The Morgan fingerprint density at radius 2 is 0.524 bits per heavy atom. The molecule has 374 valence electrons. The molecular weight excluding hydrogens is 781 g/mol. The molecule has 0 aromatic rings. The molecule has 0 aliphatic rings. The fraction of sp³-hybridized carbons (Fsp3) is 0.947. The molecule has 0 aliphatic heterocycles. The third kappa shape index (κ3) is 51.3. The molecule has 6 heteroatoms. The molecule has 0 aliphatic carbocycles. The van der Waals surface area contributed by atoms with Crippen molar-refractivity contribution in [3.63, 3.8) is 0 Å². The monoisotopic (exact) mass is 891 g/mol. The average molecular weight is 892 g/mol. The van der Waals surface area contributed by atoms with Gasteiger partial charge in [-0.3, -0.25) is 14.4 Å². The standard InChI is InChI=1S/C57H110O6/c1-5-7-9-11-13-15-17-18-19-22-25-29-33-37-41-45-49-56(59)62-52-54(51-61-55(58)48-44-40-36-32-27-16-14-12-10-8-6-2)63-57(60)50-46-42-38-34-30-26-23-20-21-24-28-31-35-39-43-47-53(3)4/h53-54H,5-52H2,1-4H3/t54-/m1/s1. The van der Waals surface area contributed by atoms with Gasteiger partial charge in [-0.15, -0.1) is 0 Å². The minimum absolute atomic E-state index is 0.0619. The summed E-state index contributed by atoms with van der Waals surface area (Å²) in [5.41, 5.74) is 0. The second-order valence-corrected chi connectivity index (χ2v) is 20.1. The molecule has 0 heterocycles. The topological polar surface area (TPSA) is 78.9 Å². The third-order valence-corrected chi connectivity index (χ3v) is 13.0. The van der Waals surface area contributed by atoms with Gasteiger partial charge in [0.2, 0.25) is 0 Å². The smallest absolute Gasteiger partial charge is 0.306 e. The van der Waals surface area contributed by atoms with E-state index in [-0.39, 0.29) is 31.1 Å². The van der Waals surface area contributed by atoms with Gasteiger partial charge in [-0.25, -0.2) is 0 Å². The van der Waals surface area contributed by atoms with Gasteiger partial charge in [0.25, 0.3) is 0 Å². The minimum atomic E-state index is -0.761. The Bertz CT molecular complexity index is 949. The van der Waals surface area contributed by atoms with E-state index in [1.165, 1.54) is 218 Å². The van der Waals surface area contributed by atoms with Crippen LogP contribution in [0.4, 0.5) is 0 Å². The molecule has 0 N–H and O–H groups in total. The van der Waals surface area contributed by atoms with Crippen LogP contribution in [0.25, 0.3) is 0 Å². The zero-order valence-electron chi connectivity index (χ0n) is 43.0. The summed E-state index contributed by atoms with van der Waals surface area (Å²) in [7, 11) is 0. The Balaban J connectivity index is 4.26. The van der Waals surface area contributed by atoms with E-state index in [1.54, 1.807) is 0 Å². The summed E-state index contributed by atoms with van der Waals surface area (Å²) in [6.07, 6.45) is 55.2. The lowest BCUT2D eigenvalue weighted by molar-refractivity contribution is -0.167. The van der Waals surface area contributed by atoms with Crippen molar-refractivity contribution in [2.75, 3.05) is 13.2 Å². The molecule has 6 nitrogen and oxygen atoms in total. The normalized spacial score (nSPS) is 12.0. The summed E-state index contributed by atoms with van der Waals surface area (Å²) < 4.78 is 16.9. The largest absolute Gasteiger partial charge is 0.462 e. The van der Waals surface area contributed by atoms with Crippen molar-refractivity contribution >= 4 is 17.9 Å². The fourth-order valence-electron chi connectivity index (χ4n) is 8.75. The SMILES string of the molecule is CCCCCCCCCCCCCCCCCCC(=O)OC[C@@H](COC(=O)CCCCCCCCCCCCC)OC(=O)CCCCCCCCCCCCCCCCCC(C)C. The van der Waals surface area contributed by atoms with E-state index < -0.39 is 6.10 Å². The van der Waals surface area contributed by atoms with Crippen LogP contribution in [-0.2, 0) is 28.6 Å². The van der Waals surface area contributed by atoms with Crippen molar-refractivity contribution < 1.29 is 28.6 Å². The minimum Gasteiger partial charge on any atom is -0.462 e. The molecule has 0 saturated carbocycles. The number of unbranched alkanes of at least 4 members (excludes halogenated alkanes) is 39. The van der Waals surface area contributed by atoms with Crippen LogP contribution in [0, 0.1) is 5.92 Å². The molecule has 0 radical (unpaired) electrons. The van der Waals surface area contributed by atoms with Crippen molar-refractivity contribution in [2.45, 2.75) is 329 Å². The van der Waals surface area contributed by atoms with E-state index in [2.05, 4.69) is 27.7 Å². The fourth-order valence-corrected chi connectivity index (χ4v) is 8.75. The lowest BCUT2D eigenvalue weighted by atomic mass is 10.0. The number of rotatable bonds is 52. The first kappa shape index (κ1) is 61.4. The maximum absolute atomic E-state index is 12.8. The second kappa shape index (κ2) is 51.4. The van der Waals surface area contributed by atoms with Gasteiger partial charge < -0.3 is 14.2 Å². The molecule has 0 spiro atoms. The Morgan fingerprint density at radius 3 is 0.778 bits per heavy atom. The number of ether oxygens (including phenoxy) is 3. The molecular formula is C57H110O6. The van der Waals surface area contributed by atoms with Gasteiger partial charge in [0.15, 0.2) is 6.10 Å². The van der Waals surface area contributed by atoms with Gasteiger partial charge >= 0.3 is 17.9 Å². The van der Waals surface area contributed by atoms with Gasteiger partial charge in [0, 0.05) is 19.3 Å². The molecule has 0 aromatic heterocycles. The van der Waals surface area contributed by atoms with Crippen LogP contribution in [0.1, 0.15) is 323 Å². The summed E-state index contributed by atoms with van der Waals surface area (Å²) >= 11 is 0. The zero-order valence-corrected chi connectivity index (χ0v) is 43.0. The molecule has 0 aromatic carbocycles. The lowest BCUT2D eigenvalue weighted by Gasteiger charge is -2.18. The average Bonchev–Trinajstić information content (AvgIpc) is 3.27. The predicted octanol–water partition coefficient (Wildman–Crippen LogP) is 18.6. The number of hydrogen-bond acceptors (Lipinski definition) is 6. The highest BCUT2D eigenvalue weighted by Crippen LogP contribution is 2.18. The van der Waals surface area contributed by atoms with Crippen LogP contribution in [0.2, 0.25) is 0 Å². The predicted molar refractivity (Wildman–Crippen MR) is 270 cm³/mol. The van der Waals surface area contributed by atoms with Gasteiger partial charge in [0.05, 0.1) is 0 Å². The Labute approximate surface area is 393 Å². The van der Waals surface area contributed by atoms with Gasteiger partial charge in [-0.1, -0.05) is 285 Å². The van der Waals surface area contributed by atoms with Gasteiger partial charge in [-0.05, 0) is 25.2 Å². The summed E-state index contributed by atoms with van der Waals surface area (Å²) in [6, 6.07) is 0. The molecule has 0 unspecified atom stereocenters. The van der Waals surface area contributed by atoms with Crippen molar-refractivity contribution in [2.24, 2.45) is 5.92 Å². The third-order valence-electron chi connectivity index (χ3n) is 13.0.